The molecular weight excluding hydrogens is 583 g/mol. The van der Waals surface area contributed by atoms with Crippen molar-refractivity contribution >= 4 is 31.3 Å². The lowest BCUT2D eigenvalue weighted by molar-refractivity contribution is -0.140. The highest BCUT2D eigenvalue weighted by molar-refractivity contribution is 7.48. The molecule has 0 radical (unpaired) electrons. The minimum absolute atomic E-state index is 0.0209. The number of phosphoric ester groups is 1. The van der Waals surface area contributed by atoms with E-state index in [0.717, 1.165) is 12.1 Å². The third-order valence-corrected chi connectivity index (χ3v) is 6.49. The van der Waals surface area contributed by atoms with Gasteiger partial charge in [-0.3, -0.25) is 14.5 Å². The Hall–Kier alpha value is -5.45. The van der Waals surface area contributed by atoms with Crippen LogP contribution in [0, 0.1) is 0 Å². The second-order valence-electron chi connectivity index (χ2n) is 8.72. The predicted octanol–water partition coefficient (Wildman–Crippen LogP) is 4.63. The number of carbonyl (C=O) groups is 4. The van der Waals surface area contributed by atoms with Crippen molar-refractivity contribution in [3.05, 3.63) is 119 Å². The van der Waals surface area contributed by atoms with E-state index in [0.29, 0.717) is 11.1 Å². The summed E-state index contributed by atoms with van der Waals surface area (Å²) in [5.41, 5.74) is 0.546. The number of phosphoric acid groups is 1. The Kier molecular flexibility index (Phi) is 9.56. The number of rotatable bonds is 14. The summed E-state index contributed by atoms with van der Waals surface area (Å²) in [6.45, 7) is -1.61. The first-order valence-electron chi connectivity index (χ1n) is 12.4. The first kappa shape index (κ1) is 30.5. The van der Waals surface area contributed by atoms with Crippen LogP contribution in [0.25, 0.3) is 0 Å². The van der Waals surface area contributed by atoms with E-state index in [4.69, 9.17) is 28.7 Å². The van der Waals surface area contributed by atoms with Crippen LogP contribution in [-0.2, 0) is 14.2 Å². The van der Waals surface area contributed by atoms with E-state index >= 15 is 0 Å². The van der Waals surface area contributed by atoms with E-state index in [1.54, 1.807) is 60.7 Å². The van der Waals surface area contributed by atoms with Gasteiger partial charge in [-0.25, -0.2) is 14.2 Å². The monoisotopic (exact) mass is 606 g/mol. The molecule has 4 rings (SSSR count). The molecule has 0 unspecified atom stereocenters. The summed E-state index contributed by atoms with van der Waals surface area (Å²) < 4.78 is 33.6. The van der Waals surface area contributed by atoms with E-state index in [2.05, 4.69) is 0 Å². The lowest BCUT2D eigenvalue weighted by Gasteiger charge is -2.17. The van der Waals surface area contributed by atoms with E-state index in [1.807, 2.05) is 0 Å². The van der Waals surface area contributed by atoms with Crippen molar-refractivity contribution in [2.75, 3.05) is 13.2 Å². The van der Waals surface area contributed by atoms with Crippen LogP contribution in [0.5, 0.6) is 23.0 Å². The highest BCUT2D eigenvalue weighted by Crippen LogP contribution is 2.46. The molecule has 0 saturated heterocycles. The molecule has 0 fully saturated rings. The van der Waals surface area contributed by atoms with Crippen LogP contribution in [-0.4, -0.2) is 51.8 Å². The normalized spacial score (nSPS) is 10.8. The van der Waals surface area contributed by atoms with Crippen LogP contribution >= 0.6 is 7.82 Å². The van der Waals surface area contributed by atoms with Crippen LogP contribution in [0.15, 0.2) is 97.1 Å². The molecule has 13 heteroatoms. The van der Waals surface area contributed by atoms with E-state index in [-0.39, 0.29) is 34.1 Å². The second kappa shape index (κ2) is 13.5. The van der Waals surface area contributed by atoms with Gasteiger partial charge in [-0.05, 0) is 24.3 Å². The van der Waals surface area contributed by atoms with Gasteiger partial charge >= 0.3 is 19.8 Å². The molecule has 3 N–H and O–H groups in total. The van der Waals surface area contributed by atoms with Crippen LogP contribution in [0.2, 0.25) is 0 Å². The number of ether oxygens (including phenoxy) is 2. The van der Waals surface area contributed by atoms with Crippen molar-refractivity contribution in [3.8, 4) is 23.0 Å². The van der Waals surface area contributed by atoms with Gasteiger partial charge in [0.05, 0.1) is 11.1 Å². The largest absolute Gasteiger partial charge is 0.584 e. The summed E-state index contributed by atoms with van der Waals surface area (Å²) in [5.74, 6) is -4.66. The smallest absolute Gasteiger partial charge is 0.481 e. The van der Waals surface area contributed by atoms with Gasteiger partial charge in [0.2, 0.25) is 0 Å². The average molecular weight is 606 g/mol. The SMILES string of the molecule is O=C(O)COc1cc(OP(=O)(O)Oc2ccc(C(=O)c3ccccc3)c(OCC(=O)O)c2)ccc1C(=O)c1ccccc1. The number of carboxylic acids is 2. The molecule has 220 valence electrons. The molecule has 12 nitrogen and oxygen atoms in total. The first-order valence-corrected chi connectivity index (χ1v) is 13.9. The van der Waals surface area contributed by atoms with Crippen LogP contribution in [0.1, 0.15) is 31.8 Å². The average Bonchev–Trinajstić information content (AvgIpc) is 2.99. The van der Waals surface area contributed by atoms with Crippen LogP contribution in [0.3, 0.4) is 0 Å². The Morgan fingerprint density at radius 3 is 1.30 bits per heavy atom. The standard InChI is InChI=1S/C30H23O12P/c31-27(32)17-39-25-15-21(11-13-23(25)29(35)19-7-3-1-4-8-19)41-43(37,38)42-22-12-14-24(26(16-22)40-18-28(33)34)30(36)20-9-5-2-6-10-20/h1-16H,17-18H2,(H,31,32)(H,33,34)(H,37,38). The van der Waals surface area contributed by atoms with Crippen molar-refractivity contribution in [2.24, 2.45) is 0 Å². The molecule has 4 aromatic carbocycles. The number of hydrogen-bond donors (Lipinski definition) is 3. The van der Waals surface area contributed by atoms with Crippen molar-refractivity contribution in [1.82, 2.24) is 0 Å². The van der Waals surface area contributed by atoms with Crippen molar-refractivity contribution < 1.29 is 57.4 Å². The summed E-state index contributed by atoms with van der Waals surface area (Å²) in [6, 6.07) is 23.2. The molecule has 0 aliphatic heterocycles. The van der Waals surface area contributed by atoms with Gasteiger partial charge in [-0.2, -0.15) is 0 Å². The third kappa shape index (κ3) is 8.29. The Bertz CT molecular complexity index is 1580. The van der Waals surface area contributed by atoms with Gasteiger partial charge in [0, 0.05) is 23.3 Å². The zero-order valence-corrected chi connectivity index (χ0v) is 23.0. The van der Waals surface area contributed by atoms with Gasteiger partial charge in [-0.15, -0.1) is 0 Å². The molecule has 0 aromatic heterocycles. The second-order valence-corrected chi connectivity index (χ2v) is 10.0. The van der Waals surface area contributed by atoms with E-state index < -0.39 is 44.5 Å². The predicted molar refractivity (Wildman–Crippen MR) is 150 cm³/mol. The maximum Gasteiger partial charge on any atom is 0.584 e. The number of ketones is 2. The highest BCUT2D eigenvalue weighted by Gasteiger charge is 2.28. The summed E-state index contributed by atoms with van der Waals surface area (Å²) in [7, 11) is -4.96. The highest BCUT2D eigenvalue weighted by atomic mass is 31.2. The van der Waals surface area contributed by atoms with Crippen LogP contribution in [0.4, 0.5) is 0 Å². The first-order chi connectivity index (χ1) is 20.5. The minimum Gasteiger partial charge on any atom is -0.481 e. The minimum atomic E-state index is -4.96. The fraction of sp³-hybridized carbons (Fsp3) is 0.0667. The summed E-state index contributed by atoms with van der Waals surface area (Å²) in [6.07, 6.45) is 0. The Balaban J connectivity index is 1.59. The quantitative estimate of drug-likeness (QED) is 0.134. The summed E-state index contributed by atoms with van der Waals surface area (Å²) in [4.78, 5) is 58.6. The maximum absolute atomic E-state index is 13.0. The molecule has 0 spiro atoms. The number of benzene rings is 4. The van der Waals surface area contributed by atoms with Crippen molar-refractivity contribution in [2.45, 2.75) is 0 Å². The lowest BCUT2D eigenvalue weighted by atomic mass is 10.0. The number of carboxylic acid groups (broad SMARTS) is 2. The molecule has 0 amide bonds. The molecule has 4 aromatic rings. The third-order valence-electron chi connectivity index (χ3n) is 5.61. The van der Waals surface area contributed by atoms with E-state index in [1.165, 1.54) is 24.3 Å². The number of carbonyl (C=O) groups excluding carboxylic acids is 2. The Labute approximate surface area is 244 Å². The fourth-order valence-electron chi connectivity index (χ4n) is 3.79. The summed E-state index contributed by atoms with van der Waals surface area (Å²) in [5, 5.41) is 18.1. The van der Waals surface area contributed by atoms with Crippen molar-refractivity contribution in [1.29, 1.82) is 0 Å². The fourth-order valence-corrected chi connectivity index (χ4v) is 4.58. The van der Waals surface area contributed by atoms with Gasteiger partial charge in [0.1, 0.15) is 23.0 Å². The van der Waals surface area contributed by atoms with Gasteiger partial charge in [0.25, 0.3) is 0 Å². The molecule has 0 bridgehead atoms. The topological polar surface area (TPSA) is 183 Å². The number of aliphatic carboxylic acids is 2. The van der Waals surface area contributed by atoms with Gasteiger partial charge < -0.3 is 28.7 Å². The van der Waals surface area contributed by atoms with Gasteiger partial charge in [-0.1, -0.05) is 60.7 Å². The van der Waals surface area contributed by atoms with E-state index in [9.17, 15) is 28.6 Å². The molecule has 0 atom stereocenters. The summed E-state index contributed by atoms with van der Waals surface area (Å²) >= 11 is 0. The zero-order valence-electron chi connectivity index (χ0n) is 22.1. The molecule has 0 saturated carbocycles. The molecule has 43 heavy (non-hydrogen) atoms. The molecular formula is C30H23O12P. The van der Waals surface area contributed by atoms with Crippen LogP contribution < -0.4 is 18.5 Å². The molecule has 0 aliphatic carbocycles. The Morgan fingerprint density at radius 1 is 0.581 bits per heavy atom. The molecule has 0 aliphatic rings. The number of hydrogen-bond acceptors (Lipinski definition) is 9. The molecule has 0 heterocycles. The lowest BCUT2D eigenvalue weighted by Crippen LogP contribution is -2.13. The Morgan fingerprint density at radius 2 is 0.953 bits per heavy atom. The van der Waals surface area contributed by atoms with Gasteiger partial charge in [0.15, 0.2) is 24.8 Å². The maximum atomic E-state index is 13.0. The zero-order chi connectivity index (χ0) is 31.0. The van der Waals surface area contributed by atoms with Crippen molar-refractivity contribution in [3.63, 3.8) is 0 Å².